The van der Waals surface area contributed by atoms with Gasteiger partial charge >= 0.3 is 0 Å². The highest BCUT2D eigenvalue weighted by molar-refractivity contribution is 6.37. The number of nitrogens with zero attached hydrogens (tertiary/aromatic N) is 3. The number of aromatic nitrogens is 3. The van der Waals surface area contributed by atoms with Crippen LogP contribution in [0.25, 0.3) is 16.6 Å². The van der Waals surface area contributed by atoms with Gasteiger partial charge in [-0.25, -0.2) is 4.98 Å². The first-order chi connectivity index (χ1) is 12.6. The molecule has 2 heterocycles. The van der Waals surface area contributed by atoms with Gasteiger partial charge in [-0.1, -0.05) is 47.5 Å². The molecule has 136 valence electrons. The molecule has 0 fully saturated rings. The smallest absolute Gasteiger partial charge is 0.266 e. The molecule has 2 aromatic heterocycles. The first kappa shape index (κ1) is 19.5. The fourth-order valence-corrected chi connectivity index (χ4v) is 3.49. The molecule has 0 saturated heterocycles. The van der Waals surface area contributed by atoms with E-state index >= 15 is 0 Å². The molecule has 2 aromatic carbocycles. The monoisotopic (exact) mass is 461 g/mol. The van der Waals surface area contributed by atoms with Gasteiger partial charge in [0.1, 0.15) is 0 Å². The Kier molecular flexibility index (Phi) is 5.95. The maximum Gasteiger partial charge on any atom is 0.266 e. The van der Waals surface area contributed by atoms with E-state index in [-0.39, 0.29) is 22.5 Å². The summed E-state index contributed by atoms with van der Waals surface area (Å²) in [5.41, 5.74) is 0.895. The van der Waals surface area contributed by atoms with E-state index in [1.807, 2.05) is 53.4 Å². The molecular formula is C20H14BrCl2N3O. The largest absolute Gasteiger partial charge is 1.00 e. The van der Waals surface area contributed by atoms with E-state index in [4.69, 9.17) is 28.2 Å². The zero-order valence-electron chi connectivity index (χ0n) is 14.0. The first-order valence-corrected chi connectivity index (χ1v) is 8.80. The van der Waals surface area contributed by atoms with Crippen LogP contribution in [0.2, 0.25) is 10.0 Å². The Hall–Kier alpha value is -2.21. The molecular weight excluding hydrogens is 449 g/mol. The Morgan fingerprint density at radius 1 is 0.889 bits per heavy atom. The molecule has 0 spiro atoms. The van der Waals surface area contributed by atoms with Gasteiger partial charge in [-0.3, -0.25) is 9.36 Å². The van der Waals surface area contributed by atoms with Crippen LogP contribution in [0.15, 0.2) is 77.9 Å². The molecule has 0 aliphatic carbocycles. The third-order valence-corrected chi connectivity index (χ3v) is 4.72. The normalized spacial score (nSPS) is 10.6. The van der Waals surface area contributed by atoms with Gasteiger partial charge in [-0.15, -0.1) is 0 Å². The van der Waals surface area contributed by atoms with Gasteiger partial charge in [-0.2, -0.15) is 4.57 Å². The number of benzene rings is 2. The summed E-state index contributed by atoms with van der Waals surface area (Å²) in [6.07, 6.45) is 3.83. The average molecular weight is 463 g/mol. The predicted octanol–water partition coefficient (Wildman–Crippen LogP) is 1.03. The van der Waals surface area contributed by atoms with E-state index in [9.17, 15) is 4.79 Å². The third kappa shape index (κ3) is 3.76. The number of hydrogen-bond donors (Lipinski definition) is 0. The summed E-state index contributed by atoms with van der Waals surface area (Å²) < 4.78 is 3.45. The SMILES string of the molecule is O=c1c2ccccc2nc(C[n+]2ccccc2)n1-c1c(Cl)cccc1Cl.[Br-]. The topological polar surface area (TPSA) is 38.8 Å². The summed E-state index contributed by atoms with van der Waals surface area (Å²) in [6.45, 7) is 0.405. The molecule has 0 aliphatic heterocycles. The van der Waals surface area contributed by atoms with Crippen LogP contribution in [-0.4, -0.2) is 9.55 Å². The predicted molar refractivity (Wildman–Crippen MR) is 103 cm³/mol. The molecule has 0 saturated carbocycles. The van der Waals surface area contributed by atoms with Crippen LogP contribution in [0.1, 0.15) is 5.82 Å². The molecule has 27 heavy (non-hydrogen) atoms. The average Bonchev–Trinajstić information content (AvgIpc) is 2.65. The Labute approximate surface area is 176 Å². The maximum absolute atomic E-state index is 13.2. The van der Waals surface area contributed by atoms with Crippen LogP contribution >= 0.6 is 23.2 Å². The lowest BCUT2D eigenvalue weighted by Crippen LogP contribution is -3.00. The fourth-order valence-electron chi connectivity index (χ4n) is 2.92. The minimum Gasteiger partial charge on any atom is -1.00 e. The molecule has 0 radical (unpaired) electrons. The van der Waals surface area contributed by atoms with E-state index in [0.717, 1.165) is 0 Å². The Bertz CT molecular complexity index is 1140. The summed E-state index contributed by atoms with van der Waals surface area (Å²) in [7, 11) is 0. The van der Waals surface area contributed by atoms with E-state index in [2.05, 4.69) is 0 Å². The highest BCUT2D eigenvalue weighted by atomic mass is 79.9. The van der Waals surface area contributed by atoms with Gasteiger partial charge in [0.15, 0.2) is 18.2 Å². The standard InChI is InChI=1S/C20H14Cl2N3O.BrH/c21-15-8-6-9-16(22)19(15)25-18(13-24-11-4-1-5-12-24)23-17-10-3-2-7-14(17)20(25)26;/h1-12H,13H2;1H/q+1;/p-1. The Morgan fingerprint density at radius 3 is 2.26 bits per heavy atom. The number of pyridine rings is 1. The second kappa shape index (κ2) is 8.21. The highest BCUT2D eigenvalue weighted by Crippen LogP contribution is 2.28. The molecule has 0 N–H and O–H groups in total. The minimum absolute atomic E-state index is 0. The Balaban J connectivity index is 0.00000210. The zero-order chi connectivity index (χ0) is 18.1. The minimum atomic E-state index is -0.197. The van der Waals surface area contributed by atoms with Crippen molar-refractivity contribution in [1.29, 1.82) is 0 Å². The van der Waals surface area contributed by atoms with Crippen molar-refractivity contribution in [3.63, 3.8) is 0 Å². The lowest BCUT2D eigenvalue weighted by molar-refractivity contribution is -0.689. The maximum atomic E-state index is 13.2. The molecule has 0 bridgehead atoms. The van der Waals surface area contributed by atoms with Crippen LogP contribution in [-0.2, 0) is 6.54 Å². The molecule has 7 heteroatoms. The van der Waals surface area contributed by atoms with Crippen molar-refractivity contribution in [2.45, 2.75) is 6.54 Å². The summed E-state index contributed by atoms with van der Waals surface area (Å²) in [5, 5.41) is 1.32. The van der Waals surface area contributed by atoms with Gasteiger partial charge in [0.05, 0.1) is 26.6 Å². The number of para-hydroxylation sites is 2. The van der Waals surface area contributed by atoms with Crippen molar-refractivity contribution < 1.29 is 21.5 Å². The second-order valence-electron chi connectivity index (χ2n) is 5.80. The molecule has 4 aromatic rings. The van der Waals surface area contributed by atoms with Crippen molar-refractivity contribution >= 4 is 34.1 Å². The van der Waals surface area contributed by atoms with E-state index < -0.39 is 0 Å². The molecule has 0 aliphatic rings. The van der Waals surface area contributed by atoms with Crippen molar-refractivity contribution in [3.05, 3.63) is 99.3 Å². The van der Waals surface area contributed by atoms with Crippen LogP contribution in [0.3, 0.4) is 0 Å². The van der Waals surface area contributed by atoms with Gasteiger partial charge in [0, 0.05) is 12.1 Å². The van der Waals surface area contributed by atoms with Gasteiger partial charge in [-0.05, 0) is 24.3 Å². The van der Waals surface area contributed by atoms with E-state index in [1.54, 1.807) is 24.3 Å². The molecule has 4 rings (SSSR count). The summed E-state index contributed by atoms with van der Waals surface area (Å²) >= 11 is 12.8. The first-order valence-electron chi connectivity index (χ1n) is 8.04. The van der Waals surface area contributed by atoms with Gasteiger partial charge < -0.3 is 17.0 Å². The molecule has 4 nitrogen and oxygen atoms in total. The quantitative estimate of drug-likeness (QED) is 0.426. The number of hydrogen-bond acceptors (Lipinski definition) is 2. The summed E-state index contributed by atoms with van der Waals surface area (Å²) in [4.78, 5) is 18.0. The van der Waals surface area contributed by atoms with Crippen LogP contribution in [0, 0.1) is 0 Å². The number of fused-ring (bicyclic) bond motifs is 1. The van der Waals surface area contributed by atoms with Crippen molar-refractivity contribution in [3.8, 4) is 5.69 Å². The summed E-state index contributed by atoms with van der Waals surface area (Å²) in [5.74, 6) is 0.555. The fraction of sp³-hybridized carbons (Fsp3) is 0.0500. The van der Waals surface area contributed by atoms with Gasteiger partial charge in [0.25, 0.3) is 5.56 Å². The lowest BCUT2D eigenvalue weighted by Gasteiger charge is -2.14. The van der Waals surface area contributed by atoms with Gasteiger partial charge in [0.2, 0.25) is 6.54 Å². The molecule has 0 amide bonds. The van der Waals surface area contributed by atoms with E-state index in [1.165, 1.54) is 4.57 Å². The number of halogens is 3. The Morgan fingerprint density at radius 2 is 1.56 bits per heavy atom. The highest BCUT2D eigenvalue weighted by Gasteiger charge is 2.19. The lowest BCUT2D eigenvalue weighted by atomic mass is 10.2. The van der Waals surface area contributed by atoms with Crippen LogP contribution in [0.5, 0.6) is 0 Å². The van der Waals surface area contributed by atoms with Crippen LogP contribution < -0.4 is 27.1 Å². The third-order valence-electron chi connectivity index (χ3n) is 4.11. The van der Waals surface area contributed by atoms with Crippen molar-refractivity contribution in [2.24, 2.45) is 0 Å². The molecule has 0 unspecified atom stereocenters. The number of rotatable bonds is 3. The van der Waals surface area contributed by atoms with Crippen LogP contribution in [0.4, 0.5) is 0 Å². The van der Waals surface area contributed by atoms with E-state index in [0.29, 0.717) is 39.0 Å². The van der Waals surface area contributed by atoms with Crippen molar-refractivity contribution in [2.75, 3.05) is 0 Å². The second-order valence-corrected chi connectivity index (χ2v) is 6.62. The molecule has 0 atom stereocenters. The summed E-state index contributed by atoms with van der Waals surface area (Å²) in [6, 6.07) is 18.2. The van der Waals surface area contributed by atoms with Crippen molar-refractivity contribution in [1.82, 2.24) is 9.55 Å². The zero-order valence-corrected chi connectivity index (χ0v) is 17.1.